The van der Waals surface area contributed by atoms with Gasteiger partial charge in [-0.1, -0.05) is 6.08 Å². The number of methoxy groups -OCH3 is 2. The Morgan fingerprint density at radius 1 is 1.33 bits per heavy atom. The highest BCUT2D eigenvalue weighted by Gasteiger charge is 2.10. The molecule has 18 heavy (non-hydrogen) atoms. The Balaban J connectivity index is 2.73. The van der Waals surface area contributed by atoms with Crippen molar-refractivity contribution in [3.8, 4) is 11.5 Å². The van der Waals surface area contributed by atoms with Gasteiger partial charge >= 0.3 is 0 Å². The standard InChI is InChI=1S/C13H14N2O3/c1-4-5-15-8-14-10-7-12(18-3)11(17-2)6-9(10)13(15)16/h4,6-8H,1,5H2,2-3H3. The Bertz CT molecular complexity index is 646. The van der Waals surface area contributed by atoms with Crippen LogP contribution in [-0.4, -0.2) is 23.8 Å². The largest absolute Gasteiger partial charge is 0.493 e. The Morgan fingerprint density at radius 2 is 2.00 bits per heavy atom. The molecule has 0 saturated heterocycles. The molecule has 0 bridgehead atoms. The van der Waals surface area contributed by atoms with Gasteiger partial charge in [0.15, 0.2) is 11.5 Å². The number of benzene rings is 1. The Hall–Kier alpha value is -2.30. The van der Waals surface area contributed by atoms with Crippen LogP contribution < -0.4 is 15.0 Å². The van der Waals surface area contributed by atoms with E-state index < -0.39 is 0 Å². The van der Waals surface area contributed by atoms with Gasteiger partial charge in [-0.25, -0.2) is 4.98 Å². The lowest BCUT2D eigenvalue weighted by Gasteiger charge is -2.09. The molecule has 5 nitrogen and oxygen atoms in total. The minimum Gasteiger partial charge on any atom is -0.493 e. The summed E-state index contributed by atoms with van der Waals surface area (Å²) >= 11 is 0. The number of nitrogens with zero attached hydrogens (tertiary/aromatic N) is 2. The van der Waals surface area contributed by atoms with Crippen LogP contribution in [0.2, 0.25) is 0 Å². The average Bonchev–Trinajstić information content (AvgIpc) is 2.41. The van der Waals surface area contributed by atoms with Crippen molar-refractivity contribution in [1.82, 2.24) is 9.55 Å². The number of ether oxygens (including phenoxy) is 2. The fraction of sp³-hybridized carbons (Fsp3) is 0.231. The van der Waals surface area contributed by atoms with Crippen molar-refractivity contribution >= 4 is 10.9 Å². The van der Waals surface area contributed by atoms with Gasteiger partial charge in [-0.05, 0) is 6.07 Å². The summed E-state index contributed by atoms with van der Waals surface area (Å²) in [5.41, 5.74) is 0.457. The predicted octanol–water partition coefficient (Wildman–Crippen LogP) is 1.60. The van der Waals surface area contributed by atoms with Gasteiger partial charge in [-0.15, -0.1) is 6.58 Å². The Morgan fingerprint density at radius 3 is 2.61 bits per heavy atom. The second-order valence-electron chi connectivity index (χ2n) is 3.72. The zero-order valence-electron chi connectivity index (χ0n) is 10.3. The zero-order valence-corrected chi connectivity index (χ0v) is 10.3. The lowest BCUT2D eigenvalue weighted by molar-refractivity contribution is 0.355. The Labute approximate surface area is 104 Å². The van der Waals surface area contributed by atoms with Gasteiger partial charge in [0.1, 0.15) is 0 Å². The molecule has 0 spiro atoms. The number of allylic oxidation sites excluding steroid dienone is 1. The molecule has 2 aromatic rings. The van der Waals surface area contributed by atoms with E-state index in [2.05, 4.69) is 11.6 Å². The van der Waals surface area contributed by atoms with Gasteiger partial charge in [0.2, 0.25) is 0 Å². The molecule has 1 heterocycles. The summed E-state index contributed by atoms with van der Waals surface area (Å²) in [6.45, 7) is 4.03. The van der Waals surface area contributed by atoms with Crippen LogP contribution >= 0.6 is 0 Å². The molecule has 0 aliphatic heterocycles. The van der Waals surface area contributed by atoms with E-state index >= 15 is 0 Å². The molecule has 0 saturated carbocycles. The highest BCUT2D eigenvalue weighted by atomic mass is 16.5. The number of rotatable bonds is 4. The summed E-state index contributed by atoms with van der Waals surface area (Å²) in [6, 6.07) is 3.33. The molecule has 94 valence electrons. The summed E-state index contributed by atoms with van der Waals surface area (Å²) < 4.78 is 11.8. The van der Waals surface area contributed by atoms with Gasteiger partial charge in [0.25, 0.3) is 5.56 Å². The van der Waals surface area contributed by atoms with Gasteiger partial charge < -0.3 is 9.47 Å². The fourth-order valence-corrected chi connectivity index (χ4v) is 1.75. The van der Waals surface area contributed by atoms with E-state index in [-0.39, 0.29) is 5.56 Å². The van der Waals surface area contributed by atoms with Crippen molar-refractivity contribution in [3.63, 3.8) is 0 Å². The molecule has 0 unspecified atom stereocenters. The first-order valence-corrected chi connectivity index (χ1v) is 5.43. The quantitative estimate of drug-likeness (QED) is 0.769. The fourth-order valence-electron chi connectivity index (χ4n) is 1.75. The maximum absolute atomic E-state index is 12.2. The van der Waals surface area contributed by atoms with Gasteiger partial charge in [0, 0.05) is 12.6 Å². The first-order chi connectivity index (χ1) is 8.71. The minimum absolute atomic E-state index is 0.124. The van der Waals surface area contributed by atoms with Crippen molar-refractivity contribution in [3.05, 3.63) is 41.5 Å². The lowest BCUT2D eigenvalue weighted by atomic mass is 10.2. The average molecular weight is 246 g/mol. The number of hydrogen-bond donors (Lipinski definition) is 0. The SMILES string of the molecule is C=CCn1cnc2cc(OC)c(OC)cc2c1=O. The molecule has 0 radical (unpaired) electrons. The van der Waals surface area contributed by atoms with Crippen molar-refractivity contribution in [1.29, 1.82) is 0 Å². The van der Waals surface area contributed by atoms with Crippen molar-refractivity contribution in [2.24, 2.45) is 0 Å². The first-order valence-electron chi connectivity index (χ1n) is 5.43. The van der Waals surface area contributed by atoms with Gasteiger partial charge in [0.05, 0.1) is 31.4 Å². The molecule has 1 aromatic heterocycles. The molecule has 0 N–H and O–H groups in total. The van der Waals surface area contributed by atoms with Crippen LogP contribution in [0.4, 0.5) is 0 Å². The van der Waals surface area contributed by atoms with Crippen LogP contribution in [-0.2, 0) is 6.54 Å². The van der Waals surface area contributed by atoms with E-state index in [4.69, 9.17) is 9.47 Å². The normalized spacial score (nSPS) is 10.3. The summed E-state index contributed by atoms with van der Waals surface area (Å²) in [6.07, 6.45) is 3.15. The van der Waals surface area contributed by atoms with Crippen molar-refractivity contribution in [2.75, 3.05) is 14.2 Å². The molecule has 0 aliphatic rings. The Kier molecular flexibility index (Phi) is 3.32. The molecular formula is C13H14N2O3. The highest BCUT2D eigenvalue weighted by molar-refractivity contribution is 5.81. The molecule has 2 rings (SSSR count). The number of fused-ring (bicyclic) bond motifs is 1. The zero-order chi connectivity index (χ0) is 13.1. The lowest BCUT2D eigenvalue weighted by Crippen LogP contribution is -2.19. The second kappa shape index (κ2) is 4.91. The molecule has 0 atom stereocenters. The van der Waals surface area contributed by atoms with E-state index in [1.165, 1.54) is 18.0 Å². The van der Waals surface area contributed by atoms with Crippen LogP contribution in [0, 0.1) is 0 Å². The minimum atomic E-state index is -0.124. The monoisotopic (exact) mass is 246 g/mol. The maximum Gasteiger partial charge on any atom is 0.261 e. The topological polar surface area (TPSA) is 53.4 Å². The van der Waals surface area contributed by atoms with E-state index in [0.717, 1.165) is 0 Å². The van der Waals surface area contributed by atoms with Crippen LogP contribution in [0.5, 0.6) is 11.5 Å². The molecule has 0 aliphatic carbocycles. The molecule has 5 heteroatoms. The smallest absolute Gasteiger partial charge is 0.261 e. The van der Waals surface area contributed by atoms with E-state index in [1.54, 1.807) is 25.3 Å². The third-order valence-corrected chi connectivity index (χ3v) is 2.66. The van der Waals surface area contributed by atoms with Gasteiger partial charge in [-0.2, -0.15) is 0 Å². The van der Waals surface area contributed by atoms with Crippen molar-refractivity contribution in [2.45, 2.75) is 6.54 Å². The highest BCUT2D eigenvalue weighted by Crippen LogP contribution is 2.29. The summed E-state index contributed by atoms with van der Waals surface area (Å²) in [7, 11) is 3.07. The second-order valence-corrected chi connectivity index (χ2v) is 3.72. The van der Waals surface area contributed by atoms with E-state index in [9.17, 15) is 4.79 Å². The summed E-state index contributed by atoms with van der Waals surface area (Å²) in [5.74, 6) is 1.07. The van der Waals surface area contributed by atoms with Crippen LogP contribution in [0.25, 0.3) is 10.9 Å². The number of aromatic nitrogens is 2. The van der Waals surface area contributed by atoms with Crippen LogP contribution in [0.3, 0.4) is 0 Å². The van der Waals surface area contributed by atoms with Gasteiger partial charge in [-0.3, -0.25) is 9.36 Å². The van der Waals surface area contributed by atoms with E-state index in [0.29, 0.717) is 28.9 Å². The molecule has 0 fully saturated rings. The third-order valence-electron chi connectivity index (χ3n) is 2.66. The predicted molar refractivity (Wildman–Crippen MR) is 69.3 cm³/mol. The van der Waals surface area contributed by atoms with Crippen LogP contribution in [0.15, 0.2) is 35.9 Å². The van der Waals surface area contributed by atoms with Crippen LogP contribution in [0.1, 0.15) is 0 Å². The molecular weight excluding hydrogens is 232 g/mol. The van der Waals surface area contributed by atoms with E-state index in [1.807, 2.05) is 0 Å². The number of hydrogen-bond acceptors (Lipinski definition) is 4. The summed E-state index contributed by atoms with van der Waals surface area (Å²) in [5, 5.41) is 0.497. The summed E-state index contributed by atoms with van der Waals surface area (Å²) in [4.78, 5) is 16.4. The molecule has 1 aromatic carbocycles. The van der Waals surface area contributed by atoms with Crippen molar-refractivity contribution < 1.29 is 9.47 Å². The first kappa shape index (κ1) is 12.2. The molecule has 0 amide bonds. The third kappa shape index (κ3) is 1.95. The maximum atomic E-state index is 12.2.